The third-order valence-electron chi connectivity index (χ3n) is 2.33. The van der Waals surface area contributed by atoms with E-state index in [0.717, 1.165) is 17.2 Å². The number of hydrogen-bond acceptors (Lipinski definition) is 6. The maximum Gasteiger partial charge on any atom is 0.336 e. The van der Waals surface area contributed by atoms with Gasteiger partial charge in [-0.25, -0.2) is 10.2 Å². The molecule has 1 aromatic heterocycles. The Morgan fingerprint density at radius 1 is 1.65 bits per heavy atom. The lowest BCUT2D eigenvalue weighted by molar-refractivity contribution is -0.143. The summed E-state index contributed by atoms with van der Waals surface area (Å²) in [5.41, 5.74) is 4.05. The second-order valence-electron chi connectivity index (χ2n) is 3.47. The van der Waals surface area contributed by atoms with Gasteiger partial charge in [-0.1, -0.05) is 6.92 Å². The summed E-state index contributed by atoms with van der Waals surface area (Å²) in [7, 11) is 0. The minimum absolute atomic E-state index is 0.281. The van der Waals surface area contributed by atoms with Crippen molar-refractivity contribution in [1.29, 1.82) is 0 Å². The molecule has 0 aliphatic carbocycles. The molecule has 0 bridgehead atoms. The largest absolute Gasteiger partial charge is 0.464 e. The van der Waals surface area contributed by atoms with Gasteiger partial charge in [-0.05, 0) is 18.4 Å². The SMILES string of the molecule is CCNN1c2sccc2N=C[C@@H]1C(=O)OCC. The minimum Gasteiger partial charge on any atom is -0.464 e. The fourth-order valence-corrected chi connectivity index (χ4v) is 2.51. The standard InChI is InChI=1S/C11H15N3O2S/c1-3-13-14-9(11(15)16-4-2)7-12-8-5-6-17-10(8)14/h5-7,9,13H,3-4H2,1-2H3/t9-/m1/s1. The van der Waals surface area contributed by atoms with Crippen molar-refractivity contribution in [1.82, 2.24) is 5.43 Å². The van der Waals surface area contributed by atoms with Gasteiger partial charge in [0.05, 0.1) is 12.3 Å². The van der Waals surface area contributed by atoms with Crippen molar-refractivity contribution in [3.63, 3.8) is 0 Å². The summed E-state index contributed by atoms with van der Waals surface area (Å²) in [4.78, 5) is 16.1. The van der Waals surface area contributed by atoms with Crippen LogP contribution in [0.4, 0.5) is 10.7 Å². The zero-order valence-corrected chi connectivity index (χ0v) is 10.7. The van der Waals surface area contributed by atoms with Gasteiger partial charge in [0.15, 0.2) is 6.04 Å². The third-order valence-corrected chi connectivity index (χ3v) is 3.23. The summed E-state index contributed by atoms with van der Waals surface area (Å²) in [6.07, 6.45) is 1.62. The molecule has 1 aromatic rings. The number of carbonyl (C=O) groups is 1. The second-order valence-corrected chi connectivity index (χ2v) is 4.36. The Balaban J connectivity index is 2.25. The zero-order valence-electron chi connectivity index (χ0n) is 9.84. The van der Waals surface area contributed by atoms with Crippen molar-refractivity contribution in [3.8, 4) is 0 Å². The smallest absolute Gasteiger partial charge is 0.336 e. The summed E-state index contributed by atoms with van der Waals surface area (Å²) in [6.45, 7) is 4.90. The number of ether oxygens (including phenoxy) is 1. The van der Waals surface area contributed by atoms with E-state index in [4.69, 9.17) is 4.74 Å². The topological polar surface area (TPSA) is 53.9 Å². The molecule has 0 unspecified atom stereocenters. The Bertz CT molecular complexity index is 430. The molecule has 1 N–H and O–H groups in total. The molecule has 92 valence electrons. The maximum atomic E-state index is 11.8. The van der Waals surface area contributed by atoms with Gasteiger partial charge in [-0.2, -0.15) is 0 Å². The molecule has 2 heterocycles. The molecular weight excluding hydrogens is 238 g/mol. The molecule has 0 saturated carbocycles. The van der Waals surface area contributed by atoms with Gasteiger partial charge in [0.1, 0.15) is 5.00 Å². The summed E-state index contributed by atoms with van der Waals surface area (Å²) < 4.78 is 5.04. The van der Waals surface area contributed by atoms with Crippen LogP contribution in [0.15, 0.2) is 16.4 Å². The van der Waals surface area contributed by atoms with Gasteiger partial charge in [0.2, 0.25) is 0 Å². The lowest BCUT2D eigenvalue weighted by Gasteiger charge is -2.31. The van der Waals surface area contributed by atoms with Crippen LogP contribution in [0.3, 0.4) is 0 Å². The molecule has 1 aliphatic rings. The summed E-state index contributed by atoms with van der Waals surface area (Å²) >= 11 is 1.55. The Kier molecular flexibility index (Phi) is 3.75. The number of thiophene rings is 1. The predicted molar refractivity (Wildman–Crippen MR) is 69.0 cm³/mol. The van der Waals surface area contributed by atoms with Crippen LogP contribution in [0.2, 0.25) is 0 Å². The lowest BCUT2D eigenvalue weighted by Crippen LogP contribution is -2.52. The molecule has 1 aliphatic heterocycles. The number of rotatable bonds is 4. The number of aliphatic imine (C=N–C) groups is 1. The number of nitrogens with zero attached hydrogens (tertiary/aromatic N) is 2. The van der Waals surface area contributed by atoms with Gasteiger partial charge in [-0.3, -0.25) is 10.0 Å². The highest BCUT2D eigenvalue weighted by Crippen LogP contribution is 2.37. The van der Waals surface area contributed by atoms with Crippen LogP contribution in [0.1, 0.15) is 13.8 Å². The van der Waals surface area contributed by atoms with Crippen LogP contribution >= 0.6 is 11.3 Å². The van der Waals surface area contributed by atoms with Gasteiger partial charge >= 0.3 is 5.97 Å². The van der Waals surface area contributed by atoms with Crippen LogP contribution < -0.4 is 10.4 Å². The van der Waals surface area contributed by atoms with E-state index in [2.05, 4.69) is 10.4 Å². The van der Waals surface area contributed by atoms with E-state index in [1.807, 2.05) is 23.4 Å². The van der Waals surface area contributed by atoms with E-state index in [9.17, 15) is 4.79 Å². The molecule has 0 aromatic carbocycles. The molecule has 0 radical (unpaired) electrons. The first-order valence-corrected chi connectivity index (χ1v) is 6.47. The van der Waals surface area contributed by atoms with E-state index in [1.54, 1.807) is 24.5 Å². The fraction of sp³-hybridized carbons (Fsp3) is 0.455. The number of anilines is 1. The summed E-state index contributed by atoms with van der Waals surface area (Å²) in [5, 5.41) is 4.73. The van der Waals surface area contributed by atoms with Crippen LogP contribution in [0.25, 0.3) is 0 Å². The Morgan fingerprint density at radius 2 is 2.47 bits per heavy atom. The van der Waals surface area contributed by atoms with E-state index >= 15 is 0 Å². The normalized spacial score (nSPS) is 18.0. The highest BCUT2D eigenvalue weighted by Gasteiger charge is 2.31. The number of carbonyl (C=O) groups excluding carboxylic acids is 1. The number of hydrogen-bond donors (Lipinski definition) is 1. The van der Waals surface area contributed by atoms with Crippen molar-refractivity contribution < 1.29 is 9.53 Å². The van der Waals surface area contributed by atoms with Crippen molar-refractivity contribution in [3.05, 3.63) is 11.4 Å². The highest BCUT2D eigenvalue weighted by atomic mass is 32.1. The van der Waals surface area contributed by atoms with Crippen molar-refractivity contribution in [2.45, 2.75) is 19.9 Å². The average molecular weight is 253 g/mol. The molecule has 0 saturated heterocycles. The van der Waals surface area contributed by atoms with Gasteiger partial charge < -0.3 is 4.74 Å². The van der Waals surface area contributed by atoms with Crippen molar-refractivity contribution in [2.24, 2.45) is 4.99 Å². The molecule has 1 atom stereocenters. The number of hydrazine groups is 1. The zero-order chi connectivity index (χ0) is 12.3. The quantitative estimate of drug-likeness (QED) is 0.830. The van der Waals surface area contributed by atoms with Crippen LogP contribution in [0.5, 0.6) is 0 Å². The van der Waals surface area contributed by atoms with Gasteiger partial charge in [-0.15, -0.1) is 11.3 Å². The molecule has 0 amide bonds. The van der Waals surface area contributed by atoms with Crippen LogP contribution in [-0.2, 0) is 9.53 Å². The summed E-state index contributed by atoms with van der Waals surface area (Å²) in [6, 6.07) is 1.45. The molecule has 5 nitrogen and oxygen atoms in total. The first kappa shape index (κ1) is 12.1. The Labute approximate surface area is 104 Å². The molecule has 6 heteroatoms. The highest BCUT2D eigenvalue weighted by molar-refractivity contribution is 7.15. The number of nitrogens with one attached hydrogen (secondary N) is 1. The third kappa shape index (κ3) is 2.32. The Hall–Kier alpha value is -1.40. The van der Waals surface area contributed by atoms with Gasteiger partial charge in [0, 0.05) is 12.8 Å². The molecule has 17 heavy (non-hydrogen) atoms. The van der Waals surface area contributed by atoms with E-state index in [1.165, 1.54) is 0 Å². The molecule has 0 spiro atoms. The van der Waals surface area contributed by atoms with E-state index in [-0.39, 0.29) is 5.97 Å². The van der Waals surface area contributed by atoms with Crippen LogP contribution in [-0.4, -0.2) is 31.4 Å². The fourth-order valence-electron chi connectivity index (χ4n) is 1.65. The van der Waals surface area contributed by atoms with Crippen molar-refractivity contribution >= 4 is 34.2 Å². The molecule has 2 rings (SSSR count). The van der Waals surface area contributed by atoms with E-state index in [0.29, 0.717) is 6.61 Å². The monoisotopic (exact) mass is 253 g/mol. The van der Waals surface area contributed by atoms with Crippen LogP contribution in [0, 0.1) is 0 Å². The van der Waals surface area contributed by atoms with Crippen molar-refractivity contribution in [2.75, 3.05) is 18.2 Å². The molecule has 0 fully saturated rings. The predicted octanol–water partition coefficient (Wildman–Crippen LogP) is 1.73. The number of esters is 1. The first-order valence-electron chi connectivity index (χ1n) is 5.59. The Morgan fingerprint density at radius 3 is 3.18 bits per heavy atom. The lowest BCUT2D eigenvalue weighted by atomic mass is 10.2. The maximum absolute atomic E-state index is 11.8. The number of fused-ring (bicyclic) bond motifs is 1. The minimum atomic E-state index is -0.485. The average Bonchev–Trinajstić information content (AvgIpc) is 2.78. The first-order chi connectivity index (χ1) is 8.27. The van der Waals surface area contributed by atoms with Gasteiger partial charge in [0.25, 0.3) is 0 Å². The summed E-state index contributed by atoms with van der Waals surface area (Å²) in [5.74, 6) is -0.281. The molecular formula is C11H15N3O2S. The second kappa shape index (κ2) is 5.29. The van der Waals surface area contributed by atoms with E-state index < -0.39 is 6.04 Å².